The summed E-state index contributed by atoms with van der Waals surface area (Å²) in [6.45, 7) is 0. The summed E-state index contributed by atoms with van der Waals surface area (Å²) in [6.07, 6.45) is 0. The second kappa shape index (κ2) is 6.04. The highest BCUT2D eigenvalue weighted by Gasteiger charge is 2.06. The number of nitrogens with two attached hydrogens (primary N) is 1. The fourth-order valence-corrected chi connectivity index (χ4v) is 2.12. The van der Waals surface area contributed by atoms with E-state index in [0.29, 0.717) is 16.5 Å². The monoisotopic (exact) mass is 337 g/mol. The predicted molar refractivity (Wildman–Crippen MR) is 83.1 cm³/mol. The molecule has 0 aliphatic rings. The smallest absolute Gasteiger partial charge is 0.141 e. The van der Waals surface area contributed by atoms with Crippen molar-refractivity contribution < 1.29 is 9.47 Å². The van der Waals surface area contributed by atoms with E-state index in [4.69, 9.17) is 27.4 Å². The fraction of sp³-hybridized carbons (Fsp3) is 0.0714. The Balaban J connectivity index is 2.25. The van der Waals surface area contributed by atoms with Gasteiger partial charge in [-0.15, -0.1) is 0 Å². The molecule has 3 nitrogen and oxygen atoms in total. The quantitative estimate of drug-likeness (QED) is 0.859. The average molecular weight is 338 g/mol. The Morgan fingerprint density at radius 2 is 1.89 bits per heavy atom. The lowest BCUT2D eigenvalue weighted by Gasteiger charge is -2.10. The number of hydrogen-bond donors (Lipinski definition) is 1. The third-order valence-electron chi connectivity index (χ3n) is 2.49. The highest BCUT2D eigenvalue weighted by atomic mass is 79.9. The molecule has 2 N–H and O–H groups in total. The maximum Gasteiger partial charge on any atom is 0.141 e. The van der Waals surface area contributed by atoms with Gasteiger partial charge in [0, 0.05) is 11.6 Å². The van der Waals surface area contributed by atoms with E-state index >= 15 is 0 Å². The first-order valence-corrected chi connectivity index (χ1v) is 6.71. The molecule has 0 bridgehead atoms. The largest absolute Gasteiger partial charge is 0.497 e. The summed E-state index contributed by atoms with van der Waals surface area (Å²) in [6, 6.07) is 12.9. The Morgan fingerprint density at radius 3 is 2.53 bits per heavy atom. The van der Waals surface area contributed by atoms with Crippen molar-refractivity contribution in [1.29, 1.82) is 0 Å². The Kier molecular flexibility index (Phi) is 4.39. The predicted octanol–water partition coefficient (Wildman–Crippen LogP) is 3.88. The molecule has 19 heavy (non-hydrogen) atoms. The van der Waals surface area contributed by atoms with E-state index in [9.17, 15) is 0 Å². The lowest BCUT2D eigenvalue weighted by Crippen LogP contribution is -2.08. The number of rotatable bonds is 4. The highest BCUT2D eigenvalue weighted by molar-refractivity contribution is 9.10. The fourth-order valence-electron chi connectivity index (χ4n) is 1.53. The zero-order valence-corrected chi connectivity index (χ0v) is 12.6. The number of benzene rings is 2. The molecule has 0 saturated carbocycles. The van der Waals surface area contributed by atoms with Crippen LogP contribution in [0.15, 0.2) is 46.9 Å². The van der Waals surface area contributed by atoms with Crippen LogP contribution in [0.5, 0.6) is 17.2 Å². The first-order valence-electron chi connectivity index (χ1n) is 5.51. The molecule has 2 aromatic carbocycles. The van der Waals surface area contributed by atoms with Crippen LogP contribution in [0.1, 0.15) is 5.56 Å². The van der Waals surface area contributed by atoms with Gasteiger partial charge < -0.3 is 15.2 Å². The second-order valence-corrected chi connectivity index (χ2v) is 5.08. The van der Waals surface area contributed by atoms with Crippen molar-refractivity contribution in [3.8, 4) is 17.2 Å². The van der Waals surface area contributed by atoms with Gasteiger partial charge in [0.05, 0.1) is 11.6 Å². The van der Waals surface area contributed by atoms with Crippen molar-refractivity contribution in [2.45, 2.75) is 0 Å². The van der Waals surface area contributed by atoms with Gasteiger partial charge in [-0.25, -0.2) is 0 Å². The van der Waals surface area contributed by atoms with Crippen molar-refractivity contribution in [2.75, 3.05) is 7.11 Å². The van der Waals surface area contributed by atoms with Crippen molar-refractivity contribution in [2.24, 2.45) is 5.73 Å². The Labute approximate surface area is 125 Å². The van der Waals surface area contributed by atoms with Gasteiger partial charge in [0.15, 0.2) is 0 Å². The average Bonchev–Trinajstić information content (AvgIpc) is 2.41. The molecular formula is C14H12BrNO2S. The van der Waals surface area contributed by atoms with Gasteiger partial charge in [-0.05, 0) is 46.3 Å². The number of thiocarbonyl (C=S) groups is 1. The van der Waals surface area contributed by atoms with Gasteiger partial charge in [-0.2, -0.15) is 0 Å². The van der Waals surface area contributed by atoms with Crippen molar-refractivity contribution >= 4 is 33.1 Å². The summed E-state index contributed by atoms with van der Waals surface area (Å²) in [5.41, 5.74) is 6.37. The summed E-state index contributed by atoms with van der Waals surface area (Å²) in [7, 11) is 1.62. The molecule has 98 valence electrons. The number of methoxy groups -OCH3 is 1. The lowest BCUT2D eigenvalue weighted by molar-refractivity contribution is 0.409. The number of ether oxygens (including phenoxy) is 2. The summed E-state index contributed by atoms with van der Waals surface area (Å²) in [5.74, 6) is 2.13. The van der Waals surface area contributed by atoms with Gasteiger partial charge >= 0.3 is 0 Å². The maximum absolute atomic E-state index is 5.78. The molecule has 0 atom stereocenters. The third-order valence-corrected chi connectivity index (χ3v) is 3.34. The van der Waals surface area contributed by atoms with Gasteiger partial charge in [-0.1, -0.05) is 18.3 Å². The molecule has 0 radical (unpaired) electrons. The number of halogens is 1. The minimum absolute atomic E-state index is 0.355. The van der Waals surface area contributed by atoms with E-state index in [1.165, 1.54) is 0 Å². The van der Waals surface area contributed by atoms with E-state index < -0.39 is 0 Å². The normalized spacial score (nSPS) is 10.0. The molecule has 2 rings (SSSR count). The summed E-state index contributed by atoms with van der Waals surface area (Å²) >= 11 is 8.36. The molecule has 0 saturated heterocycles. The summed E-state index contributed by atoms with van der Waals surface area (Å²) in [4.78, 5) is 0.355. The lowest BCUT2D eigenvalue weighted by atomic mass is 10.2. The molecule has 0 spiro atoms. The van der Waals surface area contributed by atoms with Crippen molar-refractivity contribution in [1.82, 2.24) is 0 Å². The molecule has 2 aromatic rings. The zero-order valence-electron chi connectivity index (χ0n) is 10.2. The Bertz CT molecular complexity index is 616. The van der Waals surface area contributed by atoms with Crippen LogP contribution in [0.4, 0.5) is 0 Å². The zero-order chi connectivity index (χ0) is 13.8. The Hall–Kier alpha value is -1.59. The molecule has 0 heterocycles. The third kappa shape index (κ3) is 3.45. The van der Waals surface area contributed by atoms with Gasteiger partial charge in [0.25, 0.3) is 0 Å². The molecule has 0 amide bonds. The van der Waals surface area contributed by atoms with Gasteiger partial charge in [-0.3, -0.25) is 0 Å². The van der Waals surface area contributed by atoms with Crippen molar-refractivity contribution in [3.05, 3.63) is 52.5 Å². The summed E-state index contributed by atoms with van der Waals surface area (Å²) in [5, 5.41) is 0. The van der Waals surface area contributed by atoms with Crippen LogP contribution in [0, 0.1) is 0 Å². The van der Waals surface area contributed by atoms with E-state index in [2.05, 4.69) is 15.9 Å². The van der Waals surface area contributed by atoms with E-state index in [1.807, 2.05) is 42.5 Å². The Morgan fingerprint density at radius 1 is 1.16 bits per heavy atom. The van der Waals surface area contributed by atoms with E-state index in [-0.39, 0.29) is 0 Å². The standard InChI is InChI=1S/C14H12BrNO2S/c1-17-10-3-2-4-11(8-10)18-13-6-5-9(14(16)19)7-12(13)15/h2-8H,1H3,(H2,16,19). The van der Waals surface area contributed by atoms with Crippen LogP contribution in [0.3, 0.4) is 0 Å². The minimum Gasteiger partial charge on any atom is -0.497 e. The molecular weight excluding hydrogens is 326 g/mol. The molecule has 0 aromatic heterocycles. The van der Waals surface area contributed by atoms with Crippen LogP contribution >= 0.6 is 28.1 Å². The molecule has 0 aliphatic carbocycles. The van der Waals surface area contributed by atoms with Gasteiger partial charge in [0.2, 0.25) is 0 Å². The molecule has 5 heteroatoms. The molecule has 0 aliphatic heterocycles. The highest BCUT2D eigenvalue weighted by Crippen LogP contribution is 2.31. The van der Waals surface area contributed by atoms with Gasteiger partial charge in [0.1, 0.15) is 22.2 Å². The molecule has 0 unspecified atom stereocenters. The van der Waals surface area contributed by atoms with Crippen LogP contribution < -0.4 is 15.2 Å². The summed E-state index contributed by atoms with van der Waals surface area (Å²) < 4.78 is 11.7. The van der Waals surface area contributed by atoms with Crippen LogP contribution in [0.25, 0.3) is 0 Å². The van der Waals surface area contributed by atoms with E-state index in [0.717, 1.165) is 15.8 Å². The topological polar surface area (TPSA) is 44.5 Å². The second-order valence-electron chi connectivity index (χ2n) is 3.79. The SMILES string of the molecule is COc1cccc(Oc2ccc(C(N)=S)cc2Br)c1. The van der Waals surface area contributed by atoms with Crippen LogP contribution in [-0.2, 0) is 0 Å². The van der Waals surface area contributed by atoms with Crippen molar-refractivity contribution in [3.63, 3.8) is 0 Å². The van der Waals surface area contributed by atoms with Crippen LogP contribution in [0.2, 0.25) is 0 Å². The minimum atomic E-state index is 0.355. The molecule has 0 fully saturated rings. The first-order chi connectivity index (χ1) is 9.10. The van der Waals surface area contributed by atoms with Crippen LogP contribution in [-0.4, -0.2) is 12.1 Å². The first kappa shape index (κ1) is 13.8. The van der Waals surface area contributed by atoms with E-state index in [1.54, 1.807) is 7.11 Å². The number of hydrogen-bond acceptors (Lipinski definition) is 3. The maximum atomic E-state index is 5.78.